The summed E-state index contributed by atoms with van der Waals surface area (Å²) in [5.41, 5.74) is 0.117. The fourth-order valence-corrected chi connectivity index (χ4v) is 3.18. The molecule has 1 aromatic rings. The molecule has 2 fully saturated rings. The van der Waals surface area contributed by atoms with E-state index in [0.717, 1.165) is 12.8 Å². The molecular weight excluding hydrogens is 324 g/mol. The zero-order valence-electron chi connectivity index (χ0n) is 14.4. The van der Waals surface area contributed by atoms with Crippen molar-refractivity contribution in [3.05, 3.63) is 24.3 Å². The lowest BCUT2D eigenvalue weighted by Crippen LogP contribution is -2.67. The van der Waals surface area contributed by atoms with Crippen molar-refractivity contribution < 1.29 is 19.1 Å². The second-order valence-corrected chi connectivity index (χ2v) is 6.59. The summed E-state index contributed by atoms with van der Waals surface area (Å²) in [6, 6.07) is 0. The van der Waals surface area contributed by atoms with E-state index in [0.29, 0.717) is 38.5 Å². The highest BCUT2D eigenvalue weighted by atomic mass is 16.5. The van der Waals surface area contributed by atoms with Gasteiger partial charge in [-0.05, 0) is 25.7 Å². The molecule has 0 saturated carbocycles. The highest BCUT2D eigenvalue weighted by Gasteiger charge is 2.48. The highest BCUT2D eigenvalue weighted by molar-refractivity contribution is 5.91. The summed E-state index contributed by atoms with van der Waals surface area (Å²) >= 11 is 0. The summed E-state index contributed by atoms with van der Waals surface area (Å²) in [6.07, 6.45) is 6.35. The topological polar surface area (TPSA) is 93.7 Å². The van der Waals surface area contributed by atoms with Gasteiger partial charge in [0.1, 0.15) is 17.9 Å². The average molecular weight is 348 g/mol. The van der Waals surface area contributed by atoms with Crippen molar-refractivity contribution >= 4 is 11.8 Å². The van der Waals surface area contributed by atoms with Gasteiger partial charge in [0, 0.05) is 25.5 Å². The normalized spacial score (nSPS) is 21.6. The van der Waals surface area contributed by atoms with E-state index in [2.05, 4.69) is 15.3 Å². The Morgan fingerprint density at radius 1 is 1.44 bits per heavy atom. The third-order valence-corrected chi connectivity index (χ3v) is 4.72. The van der Waals surface area contributed by atoms with Gasteiger partial charge in [-0.1, -0.05) is 0 Å². The number of hydrogen-bond acceptors (Lipinski definition) is 6. The quantitative estimate of drug-likeness (QED) is 0.792. The van der Waals surface area contributed by atoms with Gasteiger partial charge in [0.15, 0.2) is 0 Å². The molecule has 0 aliphatic carbocycles. The molecule has 3 heterocycles. The Kier molecular flexibility index (Phi) is 5.60. The maximum absolute atomic E-state index is 12.0. The van der Waals surface area contributed by atoms with Crippen LogP contribution in [0.5, 0.6) is 0 Å². The molecule has 0 aromatic carbocycles. The molecule has 1 aromatic heterocycles. The number of nitrogens with zero attached hydrogens (tertiary/aromatic N) is 3. The zero-order valence-corrected chi connectivity index (χ0v) is 14.4. The van der Waals surface area contributed by atoms with Crippen molar-refractivity contribution in [3.63, 3.8) is 0 Å². The van der Waals surface area contributed by atoms with Crippen molar-refractivity contribution in [3.8, 4) is 0 Å². The van der Waals surface area contributed by atoms with Gasteiger partial charge in [0.2, 0.25) is 5.91 Å². The van der Waals surface area contributed by atoms with E-state index in [9.17, 15) is 9.59 Å². The van der Waals surface area contributed by atoms with E-state index < -0.39 is 0 Å². The third kappa shape index (κ3) is 4.32. The smallest absolute Gasteiger partial charge is 0.271 e. The monoisotopic (exact) mass is 348 g/mol. The van der Waals surface area contributed by atoms with Gasteiger partial charge in [-0.15, -0.1) is 0 Å². The predicted octanol–water partition coefficient (Wildman–Crippen LogP) is 0.251. The Balaban J connectivity index is 1.37. The number of ether oxygens (including phenoxy) is 2. The molecule has 1 N–H and O–H groups in total. The first-order valence-electron chi connectivity index (χ1n) is 8.65. The Labute approximate surface area is 146 Å². The van der Waals surface area contributed by atoms with E-state index in [1.165, 1.54) is 18.6 Å². The molecule has 8 nitrogen and oxygen atoms in total. The molecule has 2 aliphatic heterocycles. The molecule has 2 saturated heterocycles. The van der Waals surface area contributed by atoms with E-state index in [-0.39, 0.29) is 29.9 Å². The van der Waals surface area contributed by atoms with Crippen molar-refractivity contribution in [2.45, 2.75) is 25.4 Å². The fraction of sp³-hybridized carbons (Fsp3) is 0.647. The van der Waals surface area contributed by atoms with Crippen LogP contribution in [0.3, 0.4) is 0 Å². The summed E-state index contributed by atoms with van der Waals surface area (Å²) < 4.78 is 11.2. The number of hydrogen-bond donors (Lipinski definition) is 1. The lowest BCUT2D eigenvalue weighted by molar-refractivity contribution is -0.190. The number of aromatic nitrogens is 2. The number of nitrogens with one attached hydrogen (secondary N) is 1. The van der Waals surface area contributed by atoms with Crippen molar-refractivity contribution in [2.24, 2.45) is 5.92 Å². The largest absolute Gasteiger partial charge is 0.372 e. The maximum Gasteiger partial charge on any atom is 0.271 e. The van der Waals surface area contributed by atoms with E-state index in [1.807, 2.05) is 6.92 Å². The predicted molar refractivity (Wildman–Crippen MR) is 88.8 cm³/mol. The number of rotatable bonds is 6. The van der Waals surface area contributed by atoms with Gasteiger partial charge in [-0.3, -0.25) is 14.6 Å². The molecule has 0 bridgehead atoms. The van der Waals surface area contributed by atoms with Crippen LogP contribution in [0.25, 0.3) is 0 Å². The van der Waals surface area contributed by atoms with Gasteiger partial charge in [0.05, 0.1) is 25.9 Å². The molecule has 1 spiro atoms. The Hall–Kier alpha value is -2.06. The maximum atomic E-state index is 12.0. The standard InChI is InChI=1S/C17H24N4O4/c1-2-24-10-15(22)21-11-17(12-21)4-3-13(9-25-17)7-20-16(23)14-8-18-5-6-19-14/h5-6,8,13H,2-4,7,9-12H2,1H3,(H,20,23)/t13-/m0/s1. The SMILES string of the molecule is CCOCC(=O)N1CC2(CC[C@@H](CNC(=O)c3cnccn3)CO2)C1. The lowest BCUT2D eigenvalue weighted by Gasteiger charge is -2.52. The van der Waals surface area contributed by atoms with Crippen molar-refractivity contribution in [1.82, 2.24) is 20.2 Å². The van der Waals surface area contributed by atoms with Crippen molar-refractivity contribution in [2.75, 3.05) is 39.5 Å². The summed E-state index contributed by atoms with van der Waals surface area (Å²) in [5, 5.41) is 2.88. The van der Waals surface area contributed by atoms with Crippen LogP contribution in [0.2, 0.25) is 0 Å². The summed E-state index contributed by atoms with van der Waals surface area (Å²) in [5.74, 6) is 0.0820. The molecule has 2 aliphatic rings. The van der Waals surface area contributed by atoms with Crippen LogP contribution in [-0.2, 0) is 14.3 Å². The Bertz CT molecular complexity index is 594. The molecule has 25 heavy (non-hydrogen) atoms. The van der Waals surface area contributed by atoms with Gasteiger partial charge in [0.25, 0.3) is 5.91 Å². The van der Waals surface area contributed by atoms with Crippen LogP contribution in [0.15, 0.2) is 18.6 Å². The molecule has 1 atom stereocenters. The first-order valence-corrected chi connectivity index (χ1v) is 8.65. The van der Waals surface area contributed by atoms with Crippen LogP contribution < -0.4 is 5.32 Å². The number of carbonyl (C=O) groups is 2. The molecule has 0 unspecified atom stereocenters. The second kappa shape index (κ2) is 7.88. The van der Waals surface area contributed by atoms with E-state index in [4.69, 9.17) is 9.47 Å². The minimum atomic E-state index is -0.218. The fourth-order valence-electron chi connectivity index (χ4n) is 3.18. The highest BCUT2D eigenvalue weighted by Crippen LogP contribution is 2.35. The molecule has 2 amide bonds. The molecule has 0 radical (unpaired) electrons. The molecular formula is C17H24N4O4. The first-order chi connectivity index (χ1) is 12.1. The van der Waals surface area contributed by atoms with E-state index >= 15 is 0 Å². The van der Waals surface area contributed by atoms with Gasteiger partial charge < -0.3 is 19.7 Å². The van der Waals surface area contributed by atoms with E-state index in [1.54, 1.807) is 4.90 Å². The lowest BCUT2D eigenvalue weighted by atomic mass is 9.83. The number of carbonyl (C=O) groups excluding carboxylic acids is 2. The van der Waals surface area contributed by atoms with Crippen LogP contribution in [0, 0.1) is 5.92 Å². The number of likely N-dealkylation sites (tertiary alicyclic amines) is 1. The minimum absolute atomic E-state index is 0.0226. The number of amides is 2. The van der Waals surface area contributed by atoms with Gasteiger partial charge in [-0.2, -0.15) is 0 Å². The van der Waals surface area contributed by atoms with Crippen LogP contribution in [-0.4, -0.2) is 71.7 Å². The first kappa shape index (κ1) is 17.8. The summed E-state index contributed by atoms with van der Waals surface area (Å²) in [7, 11) is 0. The zero-order chi connectivity index (χ0) is 17.7. The van der Waals surface area contributed by atoms with Gasteiger partial charge >= 0.3 is 0 Å². The van der Waals surface area contributed by atoms with Crippen LogP contribution in [0.1, 0.15) is 30.3 Å². The summed E-state index contributed by atoms with van der Waals surface area (Å²) in [4.78, 5) is 33.5. The average Bonchev–Trinajstić information content (AvgIpc) is 2.63. The van der Waals surface area contributed by atoms with Gasteiger partial charge in [-0.25, -0.2) is 4.98 Å². The van der Waals surface area contributed by atoms with Crippen molar-refractivity contribution in [1.29, 1.82) is 0 Å². The Morgan fingerprint density at radius 2 is 2.28 bits per heavy atom. The Morgan fingerprint density at radius 3 is 2.92 bits per heavy atom. The summed E-state index contributed by atoms with van der Waals surface area (Å²) in [6.45, 7) is 4.98. The molecule has 8 heteroatoms. The third-order valence-electron chi connectivity index (χ3n) is 4.72. The second-order valence-electron chi connectivity index (χ2n) is 6.59. The molecule has 3 rings (SSSR count). The van der Waals surface area contributed by atoms with Crippen LogP contribution in [0.4, 0.5) is 0 Å². The van der Waals surface area contributed by atoms with Crippen LogP contribution >= 0.6 is 0 Å². The minimum Gasteiger partial charge on any atom is -0.372 e. The molecule has 136 valence electrons.